The first-order chi connectivity index (χ1) is 10.9. The van der Waals surface area contributed by atoms with Crippen LogP contribution in [0.25, 0.3) is 0 Å². The number of nitrogens with one attached hydrogen (secondary N) is 2. The third-order valence-corrected chi connectivity index (χ3v) is 3.73. The molecule has 0 radical (unpaired) electrons. The van der Waals surface area contributed by atoms with E-state index in [-0.39, 0.29) is 6.54 Å². The van der Waals surface area contributed by atoms with Gasteiger partial charge in [-0.15, -0.1) is 0 Å². The van der Waals surface area contributed by atoms with Crippen LogP contribution in [0, 0.1) is 18.6 Å². The number of aliphatic hydroxyl groups is 1. The van der Waals surface area contributed by atoms with Crippen LogP contribution < -0.4 is 10.6 Å². The number of rotatable bonds is 4. The Kier molecular flexibility index (Phi) is 5.52. The highest BCUT2D eigenvalue weighted by Crippen LogP contribution is 2.25. The number of hydrogen-bond donors (Lipinski definition) is 3. The molecule has 2 aromatic carbocycles. The minimum atomic E-state index is -1.50. The first-order valence-corrected chi connectivity index (χ1v) is 7.20. The number of aryl methyl sites for hydroxylation is 1. The van der Waals surface area contributed by atoms with E-state index in [1.807, 2.05) is 0 Å². The van der Waals surface area contributed by atoms with Crippen LogP contribution in [0.3, 0.4) is 0 Å². The normalized spacial score (nSPS) is 11.9. The summed E-state index contributed by atoms with van der Waals surface area (Å²) >= 11 is 6.05. The van der Waals surface area contributed by atoms with E-state index in [1.54, 1.807) is 25.1 Å². The molecule has 2 aromatic rings. The molecule has 0 saturated heterocycles. The SMILES string of the molecule is Cc1cccc(NC(=O)NCC(O)c2c(F)cccc2F)c1Cl. The molecule has 0 saturated carbocycles. The van der Waals surface area contributed by atoms with E-state index in [9.17, 15) is 18.7 Å². The van der Waals surface area contributed by atoms with Crippen molar-refractivity contribution in [2.24, 2.45) is 0 Å². The van der Waals surface area contributed by atoms with Gasteiger partial charge in [-0.25, -0.2) is 13.6 Å². The molecule has 0 heterocycles. The number of benzene rings is 2. The molecular formula is C16H15ClF2N2O2. The standard InChI is InChI=1S/C16H15ClF2N2O2/c1-9-4-2-7-12(15(9)17)21-16(23)20-8-13(22)14-10(18)5-3-6-11(14)19/h2-7,13,22H,8H2,1H3,(H2,20,21,23). The van der Waals surface area contributed by atoms with Gasteiger partial charge < -0.3 is 15.7 Å². The van der Waals surface area contributed by atoms with Gasteiger partial charge in [-0.2, -0.15) is 0 Å². The number of carbonyl (C=O) groups is 1. The lowest BCUT2D eigenvalue weighted by Crippen LogP contribution is -2.33. The minimum Gasteiger partial charge on any atom is -0.386 e. The molecule has 2 amide bonds. The van der Waals surface area contributed by atoms with Crippen LogP contribution in [0.5, 0.6) is 0 Å². The average molecular weight is 341 g/mol. The molecule has 0 spiro atoms. The van der Waals surface area contributed by atoms with Crippen LogP contribution in [0.4, 0.5) is 19.3 Å². The number of anilines is 1. The van der Waals surface area contributed by atoms with Crippen LogP contribution in [0.1, 0.15) is 17.2 Å². The Bertz CT molecular complexity index is 705. The molecule has 0 aliphatic heterocycles. The van der Waals surface area contributed by atoms with Crippen molar-refractivity contribution in [2.75, 3.05) is 11.9 Å². The van der Waals surface area contributed by atoms with Gasteiger partial charge in [0.1, 0.15) is 17.7 Å². The summed E-state index contributed by atoms with van der Waals surface area (Å²) in [4.78, 5) is 11.8. The van der Waals surface area contributed by atoms with Crippen LogP contribution in [-0.4, -0.2) is 17.7 Å². The van der Waals surface area contributed by atoms with Crippen molar-refractivity contribution >= 4 is 23.3 Å². The Labute approximate surface area is 137 Å². The summed E-state index contributed by atoms with van der Waals surface area (Å²) in [6.07, 6.45) is -1.50. The van der Waals surface area contributed by atoms with E-state index >= 15 is 0 Å². The number of carbonyl (C=O) groups excluding carboxylic acids is 1. The fourth-order valence-electron chi connectivity index (χ4n) is 2.03. The zero-order valence-electron chi connectivity index (χ0n) is 12.2. The molecule has 0 aliphatic rings. The lowest BCUT2D eigenvalue weighted by molar-refractivity contribution is 0.166. The number of aliphatic hydroxyl groups excluding tert-OH is 1. The van der Waals surface area contributed by atoms with E-state index < -0.39 is 29.3 Å². The molecule has 2 rings (SSSR count). The third-order valence-electron chi connectivity index (χ3n) is 3.23. The van der Waals surface area contributed by atoms with Gasteiger partial charge >= 0.3 is 6.03 Å². The Morgan fingerprint density at radius 2 is 1.83 bits per heavy atom. The highest BCUT2D eigenvalue weighted by molar-refractivity contribution is 6.34. The summed E-state index contributed by atoms with van der Waals surface area (Å²) < 4.78 is 27.0. The second-order valence-corrected chi connectivity index (χ2v) is 5.30. The Balaban J connectivity index is 1.98. The van der Waals surface area contributed by atoms with Crippen molar-refractivity contribution in [3.05, 3.63) is 64.2 Å². The zero-order valence-corrected chi connectivity index (χ0v) is 13.0. The van der Waals surface area contributed by atoms with Gasteiger partial charge in [0.15, 0.2) is 0 Å². The molecule has 0 aliphatic carbocycles. The number of amides is 2. The van der Waals surface area contributed by atoms with Crippen molar-refractivity contribution in [1.82, 2.24) is 5.32 Å². The fourth-order valence-corrected chi connectivity index (χ4v) is 2.20. The molecule has 7 heteroatoms. The van der Waals surface area contributed by atoms with Crippen molar-refractivity contribution in [3.63, 3.8) is 0 Å². The molecule has 0 fully saturated rings. The van der Waals surface area contributed by atoms with Crippen LogP contribution in [-0.2, 0) is 0 Å². The molecule has 1 atom stereocenters. The van der Waals surface area contributed by atoms with Gasteiger partial charge in [-0.3, -0.25) is 0 Å². The van der Waals surface area contributed by atoms with E-state index in [0.29, 0.717) is 10.7 Å². The first kappa shape index (κ1) is 17.2. The topological polar surface area (TPSA) is 61.4 Å². The monoisotopic (exact) mass is 340 g/mol. The molecule has 4 nitrogen and oxygen atoms in total. The van der Waals surface area contributed by atoms with Gasteiger partial charge in [0, 0.05) is 6.54 Å². The summed E-state index contributed by atoms with van der Waals surface area (Å²) in [5.74, 6) is -1.75. The molecule has 0 bridgehead atoms. The van der Waals surface area contributed by atoms with Gasteiger partial charge in [-0.05, 0) is 30.7 Å². The second-order valence-electron chi connectivity index (χ2n) is 4.92. The van der Waals surface area contributed by atoms with Crippen LogP contribution in [0.15, 0.2) is 36.4 Å². The summed E-state index contributed by atoms with van der Waals surface area (Å²) in [6, 6.07) is 7.75. The predicted molar refractivity (Wildman–Crippen MR) is 84.5 cm³/mol. The van der Waals surface area contributed by atoms with E-state index in [1.165, 1.54) is 6.07 Å². The highest BCUT2D eigenvalue weighted by Gasteiger charge is 2.18. The predicted octanol–water partition coefficient (Wildman–Crippen LogP) is 3.78. The molecular weight excluding hydrogens is 326 g/mol. The second kappa shape index (κ2) is 7.39. The first-order valence-electron chi connectivity index (χ1n) is 6.82. The van der Waals surface area contributed by atoms with Crippen LogP contribution in [0.2, 0.25) is 5.02 Å². The molecule has 0 aromatic heterocycles. The smallest absolute Gasteiger partial charge is 0.319 e. The Hall–Kier alpha value is -2.18. The van der Waals surface area contributed by atoms with Crippen molar-refractivity contribution in [2.45, 2.75) is 13.0 Å². The summed E-state index contributed by atoms with van der Waals surface area (Å²) in [6.45, 7) is 1.43. The number of hydrogen-bond acceptors (Lipinski definition) is 2. The van der Waals surface area contributed by atoms with Gasteiger partial charge in [-0.1, -0.05) is 29.8 Å². The van der Waals surface area contributed by atoms with Gasteiger partial charge in [0.2, 0.25) is 0 Å². The molecule has 3 N–H and O–H groups in total. The highest BCUT2D eigenvalue weighted by atomic mass is 35.5. The third kappa shape index (κ3) is 4.18. The Morgan fingerprint density at radius 1 is 1.22 bits per heavy atom. The number of urea groups is 1. The molecule has 122 valence electrons. The number of halogens is 3. The van der Waals surface area contributed by atoms with Crippen molar-refractivity contribution in [3.8, 4) is 0 Å². The lowest BCUT2D eigenvalue weighted by Gasteiger charge is -2.15. The van der Waals surface area contributed by atoms with Crippen LogP contribution >= 0.6 is 11.6 Å². The Morgan fingerprint density at radius 3 is 2.48 bits per heavy atom. The van der Waals surface area contributed by atoms with Gasteiger partial charge in [0.05, 0.1) is 16.3 Å². The van der Waals surface area contributed by atoms with E-state index in [4.69, 9.17) is 11.6 Å². The largest absolute Gasteiger partial charge is 0.386 e. The average Bonchev–Trinajstić information content (AvgIpc) is 2.49. The summed E-state index contributed by atoms with van der Waals surface area (Å²) in [7, 11) is 0. The maximum absolute atomic E-state index is 13.5. The molecule has 1 unspecified atom stereocenters. The maximum atomic E-state index is 13.5. The van der Waals surface area contributed by atoms with Crippen molar-refractivity contribution < 1.29 is 18.7 Å². The molecule has 23 heavy (non-hydrogen) atoms. The summed E-state index contributed by atoms with van der Waals surface area (Å²) in [5.41, 5.74) is 0.704. The lowest BCUT2D eigenvalue weighted by atomic mass is 10.1. The zero-order chi connectivity index (χ0) is 17.0. The fraction of sp³-hybridized carbons (Fsp3) is 0.188. The maximum Gasteiger partial charge on any atom is 0.319 e. The quantitative estimate of drug-likeness (QED) is 0.793. The van der Waals surface area contributed by atoms with Gasteiger partial charge in [0.25, 0.3) is 0 Å². The minimum absolute atomic E-state index is 0.354. The van der Waals surface area contributed by atoms with E-state index in [0.717, 1.165) is 17.7 Å². The van der Waals surface area contributed by atoms with Crippen molar-refractivity contribution in [1.29, 1.82) is 0 Å². The van der Waals surface area contributed by atoms with E-state index in [2.05, 4.69) is 10.6 Å². The summed E-state index contributed by atoms with van der Waals surface area (Å²) in [5, 5.41) is 15.1.